The molecule has 104 valence electrons. The highest BCUT2D eigenvalue weighted by atomic mass is 35.5. The van der Waals surface area contributed by atoms with E-state index in [0.717, 1.165) is 0 Å². The quantitative estimate of drug-likeness (QED) is 0.643. The predicted molar refractivity (Wildman–Crippen MR) is 72.4 cm³/mol. The normalized spacial score (nSPS) is 10.9. The molecule has 20 heavy (non-hydrogen) atoms. The maximum Gasteiger partial charge on any atom is 0.332 e. The van der Waals surface area contributed by atoms with Gasteiger partial charge in [0.1, 0.15) is 12.1 Å². The lowest BCUT2D eigenvalue weighted by atomic mass is 10.2. The summed E-state index contributed by atoms with van der Waals surface area (Å²) >= 11 is 5.77. The standard InChI is InChI=1S/C13H11ClFN3O2/c1-2-20-12(19)3-4-18-8-16-13(17-18)9-5-10(14)7-11(15)6-9/h3-8H,2H2,1H3/b4-3+. The third kappa shape index (κ3) is 3.64. The molecule has 0 aliphatic heterocycles. The Bertz CT molecular complexity index is 635. The molecule has 0 aliphatic carbocycles. The smallest absolute Gasteiger partial charge is 0.332 e. The van der Waals surface area contributed by atoms with Crippen molar-refractivity contribution in [2.24, 2.45) is 0 Å². The van der Waals surface area contributed by atoms with Gasteiger partial charge in [-0.3, -0.25) is 0 Å². The van der Waals surface area contributed by atoms with Crippen LogP contribution in [0.2, 0.25) is 5.02 Å². The molecule has 1 aromatic heterocycles. The van der Waals surface area contributed by atoms with Crippen molar-refractivity contribution in [3.63, 3.8) is 0 Å². The molecule has 7 heteroatoms. The second kappa shape index (κ2) is 6.29. The van der Waals surface area contributed by atoms with Gasteiger partial charge in [-0.05, 0) is 25.1 Å². The van der Waals surface area contributed by atoms with Crippen LogP contribution >= 0.6 is 11.6 Å². The topological polar surface area (TPSA) is 57.0 Å². The highest BCUT2D eigenvalue weighted by Gasteiger charge is 2.06. The minimum atomic E-state index is -0.474. The van der Waals surface area contributed by atoms with E-state index in [9.17, 15) is 9.18 Å². The Morgan fingerprint density at radius 2 is 2.30 bits per heavy atom. The molecule has 0 N–H and O–H groups in total. The van der Waals surface area contributed by atoms with E-state index in [1.54, 1.807) is 13.0 Å². The highest BCUT2D eigenvalue weighted by Crippen LogP contribution is 2.21. The number of carbonyl (C=O) groups is 1. The zero-order valence-corrected chi connectivity index (χ0v) is 11.3. The Kier molecular flexibility index (Phi) is 4.47. The number of halogens is 2. The van der Waals surface area contributed by atoms with E-state index < -0.39 is 11.8 Å². The van der Waals surface area contributed by atoms with E-state index in [2.05, 4.69) is 10.1 Å². The third-order valence-electron chi connectivity index (χ3n) is 2.28. The molecule has 0 aliphatic rings. The first kappa shape index (κ1) is 14.2. The molecule has 0 fully saturated rings. The van der Waals surface area contributed by atoms with Gasteiger partial charge in [-0.15, -0.1) is 5.10 Å². The van der Waals surface area contributed by atoms with Crippen LogP contribution in [0.5, 0.6) is 0 Å². The van der Waals surface area contributed by atoms with Crippen molar-refractivity contribution in [2.75, 3.05) is 6.61 Å². The Morgan fingerprint density at radius 3 is 3.00 bits per heavy atom. The molecule has 2 aromatic rings. The minimum Gasteiger partial charge on any atom is -0.463 e. The number of esters is 1. The van der Waals surface area contributed by atoms with Crippen molar-refractivity contribution < 1.29 is 13.9 Å². The van der Waals surface area contributed by atoms with Gasteiger partial charge in [0.05, 0.1) is 6.61 Å². The van der Waals surface area contributed by atoms with E-state index in [1.165, 1.54) is 35.4 Å². The highest BCUT2D eigenvalue weighted by molar-refractivity contribution is 6.30. The maximum absolute atomic E-state index is 13.2. The summed E-state index contributed by atoms with van der Waals surface area (Å²) in [5.41, 5.74) is 0.457. The number of aromatic nitrogens is 3. The zero-order valence-electron chi connectivity index (χ0n) is 10.6. The monoisotopic (exact) mass is 295 g/mol. The molecule has 0 bridgehead atoms. The number of benzene rings is 1. The van der Waals surface area contributed by atoms with Crippen molar-refractivity contribution in [3.05, 3.63) is 41.4 Å². The molecule has 5 nitrogen and oxygen atoms in total. The first-order valence-electron chi connectivity index (χ1n) is 5.81. The number of hydrogen-bond acceptors (Lipinski definition) is 4. The Balaban J connectivity index is 2.18. The fourth-order valence-electron chi connectivity index (χ4n) is 1.49. The lowest BCUT2D eigenvalue weighted by Gasteiger charge is -1.97. The Morgan fingerprint density at radius 1 is 1.50 bits per heavy atom. The average molecular weight is 296 g/mol. The van der Waals surface area contributed by atoms with Gasteiger partial charge in [-0.2, -0.15) is 0 Å². The molecule has 0 unspecified atom stereocenters. The summed E-state index contributed by atoms with van der Waals surface area (Å²) in [4.78, 5) is 15.2. The summed E-state index contributed by atoms with van der Waals surface area (Å²) in [6, 6.07) is 4.03. The van der Waals surface area contributed by atoms with Gasteiger partial charge < -0.3 is 4.74 Å². The van der Waals surface area contributed by atoms with E-state index in [1.807, 2.05) is 0 Å². The van der Waals surface area contributed by atoms with Crippen molar-refractivity contribution >= 4 is 23.8 Å². The summed E-state index contributed by atoms with van der Waals surface area (Å²) < 4.78 is 19.3. The second-order valence-corrected chi connectivity index (χ2v) is 4.21. The van der Waals surface area contributed by atoms with Crippen LogP contribution in [0.25, 0.3) is 17.6 Å². The molecule has 0 amide bonds. The Labute approximate surface area is 119 Å². The van der Waals surface area contributed by atoms with Crippen LogP contribution in [0.4, 0.5) is 4.39 Å². The predicted octanol–water partition coefficient (Wildman–Crippen LogP) is 2.77. The number of nitrogens with zero attached hydrogens (tertiary/aromatic N) is 3. The van der Waals surface area contributed by atoms with E-state index in [0.29, 0.717) is 18.0 Å². The van der Waals surface area contributed by atoms with E-state index >= 15 is 0 Å². The minimum absolute atomic E-state index is 0.262. The van der Waals surface area contributed by atoms with Crippen LogP contribution in [0.1, 0.15) is 6.92 Å². The molecule has 0 saturated carbocycles. The van der Waals surface area contributed by atoms with Crippen LogP contribution in [-0.4, -0.2) is 27.3 Å². The summed E-state index contributed by atoms with van der Waals surface area (Å²) in [5.74, 6) is -0.635. The van der Waals surface area contributed by atoms with Crippen molar-refractivity contribution in [2.45, 2.75) is 6.92 Å². The molecule has 2 rings (SSSR count). The zero-order chi connectivity index (χ0) is 14.5. The maximum atomic E-state index is 13.2. The number of carbonyl (C=O) groups excluding carboxylic acids is 1. The molecular weight excluding hydrogens is 285 g/mol. The number of rotatable bonds is 4. The van der Waals surface area contributed by atoms with Crippen molar-refractivity contribution in [3.8, 4) is 11.4 Å². The molecule has 1 heterocycles. The van der Waals surface area contributed by atoms with Gasteiger partial charge >= 0.3 is 5.97 Å². The van der Waals surface area contributed by atoms with Gasteiger partial charge in [0.25, 0.3) is 0 Å². The summed E-state index contributed by atoms with van der Waals surface area (Å²) in [5, 5.41) is 4.34. The first-order valence-corrected chi connectivity index (χ1v) is 6.19. The van der Waals surface area contributed by atoms with Crippen LogP contribution in [-0.2, 0) is 9.53 Å². The third-order valence-corrected chi connectivity index (χ3v) is 2.50. The number of ether oxygens (including phenoxy) is 1. The van der Waals surface area contributed by atoms with E-state index in [4.69, 9.17) is 16.3 Å². The van der Waals surface area contributed by atoms with Crippen LogP contribution < -0.4 is 0 Å². The summed E-state index contributed by atoms with van der Waals surface area (Å²) in [6.45, 7) is 2.01. The van der Waals surface area contributed by atoms with Crippen LogP contribution in [0.3, 0.4) is 0 Å². The summed E-state index contributed by atoms with van der Waals surface area (Å²) in [7, 11) is 0. The molecule has 1 aromatic carbocycles. The van der Waals surface area contributed by atoms with Crippen LogP contribution in [0, 0.1) is 5.82 Å². The second-order valence-electron chi connectivity index (χ2n) is 3.77. The number of hydrogen-bond donors (Lipinski definition) is 0. The fourth-order valence-corrected chi connectivity index (χ4v) is 1.71. The molecular formula is C13H11ClFN3O2. The SMILES string of the molecule is CCOC(=O)/C=C/n1cnc(-c2cc(F)cc(Cl)c2)n1. The lowest BCUT2D eigenvalue weighted by molar-refractivity contribution is -0.137. The molecule has 0 atom stereocenters. The largest absolute Gasteiger partial charge is 0.463 e. The Hall–Kier alpha value is -2.21. The van der Waals surface area contributed by atoms with Gasteiger partial charge in [-0.25, -0.2) is 18.9 Å². The molecule has 0 spiro atoms. The van der Waals surface area contributed by atoms with Gasteiger partial charge in [-0.1, -0.05) is 11.6 Å². The van der Waals surface area contributed by atoms with Crippen LogP contribution in [0.15, 0.2) is 30.6 Å². The summed E-state index contributed by atoms with van der Waals surface area (Å²) in [6.07, 6.45) is 4.01. The van der Waals surface area contributed by atoms with Crippen molar-refractivity contribution in [1.82, 2.24) is 14.8 Å². The fraction of sp³-hybridized carbons (Fsp3) is 0.154. The lowest BCUT2D eigenvalue weighted by Crippen LogP contribution is -2.00. The van der Waals surface area contributed by atoms with E-state index in [-0.39, 0.29) is 5.02 Å². The first-order chi connectivity index (χ1) is 9.58. The van der Waals surface area contributed by atoms with Gasteiger partial charge in [0, 0.05) is 22.9 Å². The van der Waals surface area contributed by atoms with Gasteiger partial charge in [0.2, 0.25) is 0 Å². The molecule has 0 radical (unpaired) electrons. The molecule has 0 saturated heterocycles. The average Bonchev–Trinajstić information content (AvgIpc) is 2.84. The van der Waals surface area contributed by atoms with Crippen molar-refractivity contribution in [1.29, 1.82) is 0 Å². The van der Waals surface area contributed by atoms with Gasteiger partial charge in [0.15, 0.2) is 5.82 Å².